The second-order valence-corrected chi connectivity index (χ2v) is 28.0. The summed E-state index contributed by atoms with van der Waals surface area (Å²) in [5.41, 5.74) is 24.3. The Kier molecular flexibility index (Phi) is 16.0. The fraction of sp³-hybridized carbons (Fsp3) is 0. The molecular weight excluding hydrogens is 1370 g/mol. The van der Waals surface area contributed by atoms with Crippen molar-refractivity contribution in [2.75, 3.05) is 0 Å². The summed E-state index contributed by atoms with van der Waals surface area (Å²) in [6.45, 7) is 0. The summed E-state index contributed by atoms with van der Waals surface area (Å²) in [6, 6.07) is 135. The van der Waals surface area contributed by atoms with Gasteiger partial charge in [0.05, 0.1) is 33.4 Å². The van der Waals surface area contributed by atoms with Gasteiger partial charge in [0, 0.05) is 76.5 Å². The van der Waals surface area contributed by atoms with E-state index in [1.54, 1.807) is 0 Å². The van der Waals surface area contributed by atoms with Gasteiger partial charge in [0.25, 0.3) is 0 Å². The molecule has 524 valence electrons. The first kappa shape index (κ1) is 65.1. The first-order valence-electron chi connectivity index (χ1n) is 37.5. The van der Waals surface area contributed by atoms with Crippen molar-refractivity contribution in [3.63, 3.8) is 0 Å². The zero-order chi connectivity index (χ0) is 74.0. The van der Waals surface area contributed by atoms with E-state index in [4.69, 9.17) is 38.7 Å². The summed E-state index contributed by atoms with van der Waals surface area (Å²) in [4.78, 5) is 31.0. The number of rotatable bonds is 12. The van der Waals surface area contributed by atoms with Crippen LogP contribution in [0.3, 0.4) is 0 Å². The van der Waals surface area contributed by atoms with E-state index in [1.165, 1.54) is 16.2 Å². The molecule has 0 aliphatic heterocycles. The molecule has 22 aromatic rings. The van der Waals surface area contributed by atoms with Crippen LogP contribution in [0.25, 0.3) is 212 Å². The SMILES string of the molecule is c1ccc(-c2ccc(-n3c4ccccc4c4ccc(-c5ccc6oc7ccccc7c6c5)cc43)c(-c3nc(-c4ccccc4)nc(-c4ccccc4)n3)c2)cc1.c1ccc(-c2ccc(-n3c4ccccc4c4ccc(-c5cccc6oc7ccccc7c56)cc43)c(-c3nc(-c4ccccc4)nc(-c4ccccc4)n3)c2)cc1. The minimum Gasteiger partial charge on any atom is -0.456 e. The van der Waals surface area contributed by atoms with Crippen molar-refractivity contribution in [2.24, 2.45) is 0 Å². The molecule has 10 heteroatoms. The molecule has 22 rings (SSSR count). The van der Waals surface area contributed by atoms with Crippen LogP contribution in [0, 0.1) is 0 Å². The van der Waals surface area contributed by atoms with E-state index < -0.39 is 0 Å². The van der Waals surface area contributed by atoms with Gasteiger partial charge >= 0.3 is 0 Å². The second kappa shape index (κ2) is 27.5. The third-order valence-corrected chi connectivity index (χ3v) is 21.3. The smallest absolute Gasteiger partial charge is 0.166 e. The molecule has 0 bridgehead atoms. The molecule has 6 aromatic heterocycles. The predicted molar refractivity (Wildman–Crippen MR) is 457 cm³/mol. The molecule has 112 heavy (non-hydrogen) atoms. The number of benzene rings is 16. The quantitative estimate of drug-likeness (QED) is 0.119. The minimum atomic E-state index is 0.599. The zero-order valence-corrected chi connectivity index (χ0v) is 60.3. The van der Waals surface area contributed by atoms with E-state index in [0.717, 1.165) is 161 Å². The van der Waals surface area contributed by atoms with E-state index in [0.29, 0.717) is 34.9 Å². The van der Waals surface area contributed by atoms with Gasteiger partial charge in [0.2, 0.25) is 0 Å². The summed E-state index contributed by atoms with van der Waals surface area (Å²) < 4.78 is 17.2. The van der Waals surface area contributed by atoms with Crippen molar-refractivity contribution >= 4 is 87.5 Å². The Morgan fingerprint density at radius 1 is 0.170 bits per heavy atom. The van der Waals surface area contributed by atoms with Crippen molar-refractivity contribution in [2.45, 2.75) is 0 Å². The molecule has 0 radical (unpaired) electrons. The number of nitrogens with zero attached hydrogens (tertiary/aromatic N) is 8. The number of aromatic nitrogens is 8. The molecule has 0 saturated carbocycles. The predicted octanol–water partition coefficient (Wildman–Crippen LogP) is 26.4. The van der Waals surface area contributed by atoms with Crippen molar-refractivity contribution in [3.05, 3.63) is 388 Å². The first-order chi connectivity index (χ1) is 55.5. The Hall–Kier alpha value is -15.3. The number of hydrogen-bond donors (Lipinski definition) is 0. The van der Waals surface area contributed by atoms with Gasteiger partial charge in [-0.2, -0.15) is 0 Å². The Bertz CT molecular complexity index is 7240. The number of para-hydroxylation sites is 4. The van der Waals surface area contributed by atoms with Gasteiger partial charge in [-0.25, -0.2) is 29.9 Å². The van der Waals surface area contributed by atoms with Crippen LogP contribution >= 0.6 is 0 Å². The van der Waals surface area contributed by atoms with Crippen molar-refractivity contribution in [1.82, 2.24) is 39.0 Å². The lowest BCUT2D eigenvalue weighted by atomic mass is 9.98. The summed E-state index contributed by atoms with van der Waals surface area (Å²) in [6.07, 6.45) is 0. The van der Waals surface area contributed by atoms with Crippen LogP contribution in [0.2, 0.25) is 0 Å². The largest absolute Gasteiger partial charge is 0.456 e. The van der Waals surface area contributed by atoms with Crippen molar-refractivity contribution in [3.8, 4) is 124 Å². The number of hydrogen-bond acceptors (Lipinski definition) is 8. The first-order valence-corrected chi connectivity index (χ1v) is 37.5. The summed E-state index contributed by atoms with van der Waals surface area (Å²) in [5, 5.41) is 9.13. The van der Waals surface area contributed by atoms with Crippen LogP contribution in [0.5, 0.6) is 0 Å². The van der Waals surface area contributed by atoms with Crippen molar-refractivity contribution < 1.29 is 8.83 Å². The Balaban J connectivity index is 0.000000141. The number of fused-ring (bicyclic) bond motifs is 12. The van der Waals surface area contributed by atoms with E-state index >= 15 is 0 Å². The van der Waals surface area contributed by atoms with Crippen LogP contribution in [-0.2, 0) is 0 Å². The van der Waals surface area contributed by atoms with Gasteiger partial charge < -0.3 is 18.0 Å². The molecule has 0 saturated heterocycles. The van der Waals surface area contributed by atoms with Crippen LogP contribution in [0.1, 0.15) is 0 Å². The Morgan fingerprint density at radius 2 is 0.491 bits per heavy atom. The molecule has 0 aliphatic carbocycles. The second-order valence-electron chi connectivity index (χ2n) is 28.0. The lowest BCUT2D eigenvalue weighted by molar-refractivity contribution is 0.668. The van der Waals surface area contributed by atoms with Crippen LogP contribution in [-0.4, -0.2) is 39.0 Å². The normalized spacial score (nSPS) is 11.6. The number of furan rings is 2. The monoisotopic (exact) mass is 1430 g/mol. The molecule has 0 unspecified atom stereocenters. The van der Waals surface area contributed by atoms with Crippen LogP contribution in [0.15, 0.2) is 397 Å². The van der Waals surface area contributed by atoms with Gasteiger partial charge in [0.15, 0.2) is 34.9 Å². The molecule has 0 amide bonds. The molecule has 0 aliphatic rings. The summed E-state index contributed by atoms with van der Waals surface area (Å²) >= 11 is 0. The molecule has 10 nitrogen and oxygen atoms in total. The Labute approximate surface area is 643 Å². The topological polar surface area (TPSA) is 113 Å². The highest BCUT2D eigenvalue weighted by Gasteiger charge is 2.25. The maximum absolute atomic E-state index is 6.31. The van der Waals surface area contributed by atoms with E-state index in [1.807, 2.05) is 158 Å². The highest BCUT2D eigenvalue weighted by molar-refractivity contribution is 6.16. The van der Waals surface area contributed by atoms with Gasteiger partial charge in [-0.1, -0.05) is 309 Å². The van der Waals surface area contributed by atoms with Gasteiger partial charge in [-0.05, 0) is 123 Å². The third-order valence-electron chi connectivity index (χ3n) is 21.3. The third kappa shape index (κ3) is 11.6. The van der Waals surface area contributed by atoms with E-state index in [-0.39, 0.29) is 0 Å². The van der Waals surface area contributed by atoms with E-state index in [9.17, 15) is 0 Å². The maximum atomic E-state index is 6.31. The fourth-order valence-electron chi connectivity index (χ4n) is 16.0. The molecule has 0 spiro atoms. The average Bonchev–Trinajstić information content (AvgIpc) is 1.55. The maximum Gasteiger partial charge on any atom is 0.166 e. The molecule has 16 aromatic carbocycles. The van der Waals surface area contributed by atoms with E-state index in [2.05, 4.69) is 240 Å². The van der Waals surface area contributed by atoms with Gasteiger partial charge in [-0.3, -0.25) is 0 Å². The molecule has 0 atom stereocenters. The molecule has 0 fully saturated rings. The molecule has 6 heterocycles. The molecular formula is C102H64N8O2. The fourth-order valence-corrected chi connectivity index (χ4v) is 16.0. The summed E-state index contributed by atoms with van der Waals surface area (Å²) in [7, 11) is 0. The molecule has 0 N–H and O–H groups in total. The summed E-state index contributed by atoms with van der Waals surface area (Å²) in [5.74, 6) is 3.69. The van der Waals surface area contributed by atoms with Crippen molar-refractivity contribution in [1.29, 1.82) is 0 Å². The van der Waals surface area contributed by atoms with Crippen LogP contribution < -0.4 is 0 Å². The zero-order valence-electron chi connectivity index (χ0n) is 60.3. The standard InChI is InChI=1S/2C51H32N4O/c1-4-15-33(16-5-1)36-28-30-44(42(31-36)51-53-49(34-17-6-2-7-18-34)52-50(54-51)35-19-8-3-9-20-35)55-43-24-12-10-21-39(43)40-29-27-37(32-45(40)55)38-23-14-26-47-48(38)41-22-11-13-25-46(41)56-47;1-4-14-33(15-5-1)36-25-28-45(43(31-36)51-53-49(34-16-6-2-7-17-34)52-50(54-51)35-18-8-3-9-19-35)55-44-22-12-10-20-39(44)40-27-24-38(32-46(40)55)37-26-29-48-42(30-37)41-21-11-13-23-47(41)56-48/h2*1-32H. The Morgan fingerprint density at radius 3 is 0.973 bits per heavy atom. The highest BCUT2D eigenvalue weighted by Crippen LogP contribution is 2.45. The lowest BCUT2D eigenvalue weighted by Crippen LogP contribution is -2.04. The van der Waals surface area contributed by atoms with Crippen LogP contribution in [0.4, 0.5) is 0 Å². The van der Waals surface area contributed by atoms with Gasteiger partial charge in [-0.15, -0.1) is 0 Å². The minimum absolute atomic E-state index is 0.599. The van der Waals surface area contributed by atoms with Gasteiger partial charge in [0.1, 0.15) is 22.3 Å². The highest BCUT2D eigenvalue weighted by atomic mass is 16.3. The lowest BCUT2D eigenvalue weighted by Gasteiger charge is -2.16. The average molecular weight is 1430 g/mol.